The molecule has 0 aliphatic heterocycles. The van der Waals surface area contributed by atoms with Gasteiger partial charge < -0.3 is 15.2 Å². The predicted octanol–water partition coefficient (Wildman–Crippen LogP) is 3.73. The number of amides is 1. The Morgan fingerprint density at radius 1 is 1.15 bits per heavy atom. The summed E-state index contributed by atoms with van der Waals surface area (Å²) in [6.45, 7) is 0.183. The molecule has 2 N–H and O–H groups in total. The molecule has 2 aromatic carbocycles. The summed E-state index contributed by atoms with van der Waals surface area (Å²) in [6.07, 6.45) is 1.72. The molecule has 140 valence electrons. The van der Waals surface area contributed by atoms with Gasteiger partial charge in [0.15, 0.2) is 0 Å². The van der Waals surface area contributed by atoms with Crippen LogP contribution in [-0.4, -0.2) is 41.3 Å². The van der Waals surface area contributed by atoms with E-state index in [1.54, 1.807) is 11.8 Å². The van der Waals surface area contributed by atoms with Crippen LogP contribution in [0.3, 0.4) is 0 Å². The van der Waals surface area contributed by atoms with E-state index >= 15 is 0 Å². The molecule has 2 aliphatic rings. The maximum absolute atomic E-state index is 12.3. The number of carboxylic acid groups (broad SMARTS) is 1. The van der Waals surface area contributed by atoms with Gasteiger partial charge in [0, 0.05) is 11.8 Å². The van der Waals surface area contributed by atoms with Crippen molar-refractivity contribution >= 4 is 23.8 Å². The zero-order chi connectivity index (χ0) is 19.0. The average molecular weight is 383 g/mol. The second kappa shape index (κ2) is 6.93. The van der Waals surface area contributed by atoms with E-state index < -0.39 is 17.6 Å². The molecule has 0 unspecified atom stereocenters. The van der Waals surface area contributed by atoms with Gasteiger partial charge in [-0.3, -0.25) is 0 Å². The number of aliphatic carboxylic acids is 1. The lowest BCUT2D eigenvalue weighted by molar-refractivity contribution is -0.141. The number of carboxylic acids is 1. The number of carbonyl (C=O) groups excluding carboxylic acids is 1. The average Bonchev–Trinajstić information content (AvgIpc) is 3.26. The summed E-state index contributed by atoms with van der Waals surface area (Å²) < 4.78 is 5.47. The molecule has 0 saturated heterocycles. The topological polar surface area (TPSA) is 75.6 Å². The van der Waals surface area contributed by atoms with Crippen LogP contribution in [0.5, 0.6) is 0 Å². The maximum Gasteiger partial charge on any atom is 0.408 e. The van der Waals surface area contributed by atoms with Gasteiger partial charge in [0.25, 0.3) is 0 Å². The van der Waals surface area contributed by atoms with Gasteiger partial charge in [0.05, 0.1) is 0 Å². The van der Waals surface area contributed by atoms with Crippen LogP contribution in [0.1, 0.15) is 23.5 Å². The number of hydrogen-bond donors (Lipinski definition) is 2. The normalized spacial score (nSPS) is 22.6. The number of rotatable bonds is 6. The lowest BCUT2D eigenvalue weighted by atomic mass is 9.98. The summed E-state index contributed by atoms with van der Waals surface area (Å²) in [6, 6.07) is 16.2. The van der Waals surface area contributed by atoms with E-state index in [2.05, 4.69) is 29.6 Å². The quantitative estimate of drug-likeness (QED) is 0.795. The summed E-state index contributed by atoms with van der Waals surface area (Å²) in [5.74, 6) is -0.374. The fraction of sp³-hybridized carbons (Fsp3) is 0.333. The zero-order valence-corrected chi connectivity index (χ0v) is 15.8. The highest BCUT2D eigenvalue weighted by Gasteiger charge is 2.61. The van der Waals surface area contributed by atoms with E-state index in [-0.39, 0.29) is 18.4 Å². The van der Waals surface area contributed by atoms with Crippen molar-refractivity contribution in [1.82, 2.24) is 5.32 Å². The SMILES string of the molecule is CSC[C@H]1C[C@]1(NC(=O)OCC1c2ccccc2-c2ccccc21)C(=O)O. The molecule has 1 amide bonds. The first kappa shape index (κ1) is 17.9. The molecule has 1 saturated carbocycles. The van der Waals surface area contributed by atoms with Crippen LogP contribution in [0.15, 0.2) is 48.5 Å². The van der Waals surface area contributed by atoms with E-state index in [1.165, 1.54) is 0 Å². The van der Waals surface area contributed by atoms with Crippen molar-refractivity contribution < 1.29 is 19.4 Å². The van der Waals surface area contributed by atoms with E-state index in [4.69, 9.17) is 4.74 Å². The van der Waals surface area contributed by atoms with E-state index in [9.17, 15) is 14.7 Å². The first-order valence-electron chi connectivity index (χ1n) is 8.92. The number of ether oxygens (including phenoxy) is 1. The molecular weight excluding hydrogens is 362 g/mol. The molecule has 2 aliphatic carbocycles. The molecule has 0 aromatic heterocycles. The molecule has 1 fully saturated rings. The summed E-state index contributed by atoms with van der Waals surface area (Å²) in [5, 5.41) is 12.1. The second-order valence-corrected chi connectivity index (χ2v) is 7.99. The Morgan fingerprint density at radius 3 is 2.30 bits per heavy atom. The Labute approximate surface area is 162 Å². The molecule has 0 spiro atoms. The third-order valence-corrected chi connectivity index (χ3v) is 6.26. The Balaban J connectivity index is 1.46. The van der Waals surface area contributed by atoms with Crippen LogP contribution in [0.4, 0.5) is 4.79 Å². The number of alkyl carbamates (subject to hydrolysis) is 1. The highest BCUT2D eigenvalue weighted by molar-refractivity contribution is 7.98. The van der Waals surface area contributed by atoms with Crippen molar-refractivity contribution in [3.63, 3.8) is 0 Å². The molecular formula is C21H21NO4S. The fourth-order valence-electron chi connectivity index (χ4n) is 4.02. The van der Waals surface area contributed by atoms with E-state index in [1.807, 2.05) is 30.5 Å². The molecule has 27 heavy (non-hydrogen) atoms. The Hall–Kier alpha value is -2.47. The van der Waals surface area contributed by atoms with Crippen LogP contribution in [0.2, 0.25) is 0 Å². The number of nitrogens with one attached hydrogen (secondary N) is 1. The molecule has 0 bridgehead atoms. The van der Waals surface area contributed by atoms with Gasteiger partial charge in [-0.25, -0.2) is 9.59 Å². The van der Waals surface area contributed by atoms with E-state index in [0.29, 0.717) is 12.2 Å². The molecule has 2 aromatic rings. The summed E-state index contributed by atoms with van der Waals surface area (Å²) in [7, 11) is 0. The third kappa shape index (κ3) is 3.08. The number of benzene rings is 2. The number of thioether (sulfide) groups is 1. The third-order valence-electron chi connectivity index (χ3n) is 5.52. The van der Waals surface area contributed by atoms with Crippen molar-refractivity contribution in [2.75, 3.05) is 18.6 Å². The zero-order valence-electron chi connectivity index (χ0n) is 15.0. The van der Waals surface area contributed by atoms with Crippen LogP contribution < -0.4 is 5.32 Å². The molecule has 4 rings (SSSR count). The van der Waals surface area contributed by atoms with Crippen LogP contribution >= 0.6 is 11.8 Å². The Bertz CT molecular complexity index is 854. The van der Waals surface area contributed by atoms with Gasteiger partial charge in [-0.1, -0.05) is 48.5 Å². The summed E-state index contributed by atoms with van der Waals surface area (Å²) in [5.41, 5.74) is 3.40. The fourth-order valence-corrected chi connectivity index (χ4v) is 4.82. The van der Waals surface area contributed by atoms with Crippen molar-refractivity contribution in [1.29, 1.82) is 0 Å². The van der Waals surface area contributed by atoms with Gasteiger partial charge in [-0.2, -0.15) is 11.8 Å². The minimum atomic E-state index is -1.18. The molecule has 2 atom stereocenters. The van der Waals surface area contributed by atoms with Gasteiger partial charge in [0.1, 0.15) is 12.1 Å². The number of hydrogen-bond acceptors (Lipinski definition) is 4. The standard InChI is InChI=1S/C21H21NO4S/c1-27-12-13-10-21(13,19(23)24)22-20(25)26-11-18-16-8-4-2-6-14(16)15-7-3-5-9-17(15)18/h2-9,13,18H,10-12H2,1H3,(H,22,25)(H,23,24)/t13-,21-/m1/s1. The smallest absolute Gasteiger partial charge is 0.408 e. The van der Waals surface area contributed by atoms with E-state index in [0.717, 1.165) is 22.3 Å². The Kier molecular flexibility index (Phi) is 4.60. The molecule has 5 nitrogen and oxygen atoms in total. The minimum Gasteiger partial charge on any atom is -0.479 e. The largest absolute Gasteiger partial charge is 0.479 e. The van der Waals surface area contributed by atoms with Gasteiger partial charge in [-0.05, 0) is 40.7 Å². The molecule has 0 radical (unpaired) electrons. The lowest BCUT2D eigenvalue weighted by Gasteiger charge is -2.17. The van der Waals surface area contributed by atoms with Gasteiger partial charge >= 0.3 is 12.1 Å². The van der Waals surface area contributed by atoms with Crippen molar-refractivity contribution in [2.24, 2.45) is 5.92 Å². The predicted molar refractivity (Wildman–Crippen MR) is 105 cm³/mol. The number of fused-ring (bicyclic) bond motifs is 3. The van der Waals surface area contributed by atoms with Crippen LogP contribution in [0.25, 0.3) is 11.1 Å². The first-order valence-corrected chi connectivity index (χ1v) is 10.3. The monoisotopic (exact) mass is 383 g/mol. The lowest BCUT2D eigenvalue weighted by Crippen LogP contribution is -2.45. The summed E-state index contributed by atoms with van der Waals surface area (Å²) >= 11 is 1.58. The Morgan fingerprint density at radius 2 is 1.74 bits per heavy atom. The van der Waals surface area contributed by atoms with Crippen LogP contribution in [-0.2, 0) is 9.53 Å². The minimum absolute atomic E-state index is 0.0369. The van der Waals surface area contributed by atoms with Crippen LogP contribution in [0, 0.1) is 5.92 Å². The highest BCUT2D eigenvalue weighted by Crippen LogP contribution is 2.46. The highest BCUT2D eigenvalue weighted by atomic mass is 32.2. The van der Waals surface area contributed by atoms with Crippen molar-refractivity contribution in [3.05, 3.63) is 59.7 Å². The molecule has 0 heterocycles. The van der Waals surface area contributed by atoms with Crippen molar-refractivity contribution in [3.8, 4) is 11.1 Å². The number of carbonyl (C=O) groups is 2. The molecule has 6 heteroatoms. The van der Waals surface area contributed by atoms with Gasteiger partial charge in [0.2, 0.25) is 0 Å². The van der Waals surface area contributed by atoms with Gasteiger partial charge in [-0.15, -0.1) is 0 Å². The second-order valence-electron chi connectivity index (χ2n) is 7.08. The first-order chi connectivity index (χ1) is 13.1. The summed E-state index contributed by atoms with van der Waals surface area (Å²) in [4.78, 5) is 23.9. The maximum atomic E-state index is 12.3. The van der Waals surface area contributed by atoms with Crippen molar-refractivity contribution in [2.45, 2.75) is 17.9 Å².